The molecule has 0 bridgehead atoms. The first-order valence-corrected chi connectivity index (χ1v) is 4.10. The predicted octanol–water partition coefficient (Wildman–Crippen LogP) is 2.22. The molecule has 0 aliphatic carbocycles. The van der Waals surface area contributed by atoms with Crippen molar-refractivity contribution in [3.63, 3.8) is 0 Å². The number of hydrogen-bond acceptors (Lipinski definition) is 2. The molecule has 0 aromatic carbocycles. The second-order valence-corrected chi connectivity index (χ2v) is 2.66. The highest BCUT2D eigenvalue weighted by atomic mass is 16.1. The molecule has 0 aromatic rings. The van der Waals surface area contributed by atoms with Gasteiger partial charge >= 0.3 is 0 Å². The van der Waals surface area contributed by atoms with Gasteiger partial charge < -0.3 is 0 Å². The minimum absolute atomic E-state index is 0.0302. The summed E-state index contributed by atoms with van der Waals surface area (Å²) in [5, 5.41) is 0. The molecule has 0 aromatic heterocycles. The average molecular weight is 178 g/mol. The van der Waals surface area contributed by atoms with E-state index >= 15 is 0 Å². The molecular formula is C11H14O2. The summed E-state index contributed by atoms with van der Waals surface area (Å²) in [6.45, 7) is 10.2. The molecule has 0 spiro atoms. The van der Waals surface area contributed by atoms with Crippen molar-refractivity contribution in [2.24, 2.45) is 0 Å². The number of hydrogen-bond donors (Lipinski definition) is 0. The van der Waals surface area contributed by atoms with Gasteiger partial charge in [0.1, 0.15) is 0 Å². The highest BCUT2D eigenvalue weighted by Gasteiger charge is 2.04. The zero-order chi connectivity index (χ0) is 10.4. The normalized spacial score (nSPS) is 10.8. The Morgan fingerprint density at radius 3 is 2.23 bits per heavy atom. The molecule has 0 saturated carbocycles. The molecule has 0 saturated heterocycles. The van der Waals surface area contributed by atoms with Crippen LogP contribution in [-0.4, -0.2) is 11.6 Å². The fourth-order valence-corrected chi connectivity index (χ4v) is 0.747. The SMILES string of the molecule is C=CC(=CC(=C)C(C)=O)C(=O)CC. The van der Waals surface area contributed by atoms with Crippen LogP contribution >= 0.6 is 0 Å². The van der Waals surface area contributed by atoms with Gasteiger partial charge in [0.15, 0.2) is 11.6 Å². The lowest BCUT2D eigenvalue weighted by molar-refractivity contribution is -0.115. The van der Waals surface area contributed by atoms with E-state index in [-0.39, 0.29) is 11.6 Å². The summed E-state index contributed by atoms with van der Waals surface area (Å²) < 4.78 is 0. The van der Waals surface area contributed by atoms with Crippen LogP contribution in [0.5, 0.6) is 0 Å². The molecule has 0 fully saturated rings. The second-order valence-electron chi connectivity index (χ2n) is 2.66. The number of Topliss-reactive ketones (excluding diaryl/α,β-unsaturated/α-hetero) is 2. The van der Waals surface area contributed by atoms with Gasteiger partial charge in [-0.25, -0.2) is 0 Å². The van der Waals surface area contributed by atoms with Gasteiger partial charge in [-0.05, 0) is 13.0 Å². The number of allylic oxidation sites excluding steroid dienone is 4. The van der Waals surface area contributed by atoms with Crippen molar-refractivity contribution in [2.75, 3.05) is 0 Å². The van der Waals surface area contributed by atoms with E-state index in [1.807, 2.05) is 0 Å². The molecule has 0 atom stereocenters. The first-order valence-electron chi connectivity index (χ1n) is 4.10. The molecule has 0 unspecified atom stereocenters. The third kappa shape index (κ3) is 3.65. The maximum absolute atomic E-state index is 11.2. The highest BCUT2D eigenvalue weighted by molar-refractivity contribution is 6.02. The summed E-state index contributed by atoms with van der Waals surface area (Å²) in [7, 11) is 0. The maximum atomic E-state index is 11.2. The zero-order valence-electron chi connectivity index (χ0n) is 8.09. The van der Waals surface area contributed by atoms with Crippen molar-refractivity contribution >= 4 is 11.6 Å². The smallest absolute Gasteiger partial charge is 0.162 e. The molecule has 0 aliphatic rings. The van der Waals surface area contributed by atoms with Gasteiger partial charge in [0.25, 0.3) is 0 Å². The molecule has 0 heterocycles. The van der Waals surface area contributed by atoms with Crippen LogP contribution in [0.1, 0.15) is 20.3 Å². The minimum Gasteiger partial charge on any atom is -0.295 e. The van der Waals surface area contributed by atoms with Gasteiger partial charge in [-0.2, -0.15) is 0 Å². The van der Waals surface area contributed by atoms with E-state index in [0.717, 1.165) is 0 Å². The van der Waals surface area contributed by atoms with Crippen molar-refractivity contribution in [2.45, 2.75) is 20.3 Å². The van der Waals surface area contributed by atoms with E-state index in [1.165, 1.54) is 19.1 Å². The largest absolute Gasteiger partial charge is 0.295 e. The van der Waals surface area contributed by atoms with Crippen LogP contribution in [0.15, 0.2) is 36.5 Å². The highest BCUT2D eigenvalue weighted by Crippen LogP contribution is 2.06. The number of rotatable bonds is 5. The lowest BCUT2D eigenvalue weighted by atomic mass is 10.1. The monoisotopic (exact) mass is 178 g/mol. The summed E-state index contributed by atoms with van der Waals surface area (Å²) >= 11 is 0. The van der Waals surface area contributed by atoms with Gasteiger partial charge in [-0.1, -0.05) is 26.2 Å². The Bertz CT molecular complexity index is 282. The Morgan fingerprint density at radius 1 is 1.38 bits per heavy atom. The molecule has 0 N–H and O–H groups in total. The molecule has 70 valence electrons. The Morgan fingerprint density at radius 2 is 1.92 bits per heavy atom. The van der Waals surface area contributed by atoms with E-state index in [9.17, 15) is 9.59 Å². The van der Waals surface area contributed by atoms with Crippen LogP contribution in [0.25, 0.3) is 0 Å². The quantitative estimate of drug-likeness (QED) is 0.478. The Kier molecular flexibility index (Phi) is 4.67. The fourth-order valence-electron chi connectivity index (χ4n) is 0.747. The van der Waals surface area contributed by atoms with E-state index < -0.39 is 0 Å². The van der Waals surface area contributed by atoms with Crippen molar-refractivity contribution in [3.8, 4) is 0 Å². The third-order valence-corrected chi connectivity index (χ3v) is 1.64. The van der Waals surface area contributed by atoms with Crippen molar-refractivity contribution < 1.29 is 9.59 Å². The molecule has 0 radical (unpaired) electrons. The van der Waals surface area contributed by atoms with Crippen molar-refractivity contribution in [1.82, 2.24) is 0 Å². The Labute approximate surface area is 78.6 Å². The number of carbonyl (C=O) groups excluding carboxylic acids is 2. The summed E-state index contributed by atoms with van der Waals surface area (Å²) in [6.07, 6.45) is 3.32. The third-order valence-electron chi connectivity index (χ3n) is 1.64. The van der Waals surface area contributed by atoms with Gasteiger partial charge in [0, 0.05) is 17.6 Å². The summed E-state index contributed by atoms with van der Waals surface area (Å²) in [4.78, 5) is 22.0. The summed E-state index contributed by atoms with van der Waals surface area (Å²) in [5.41, 5.74) is 0.777. The predicted molar refractivity (Wildman–Crippen MR) is 53.4 cm³/mol. The standard InChI is InChI=1S/C11H14O2/c1-5-10(11(13)6-2)7-8(3)9(4)12/h5,7H,1,3,6H2,2,4H3. The zero-order valence-corrected chi connectivity index (χ0v) is 8.09. The maximum Gasteiger partial charge on any atom is 0.162 e. The van der Waals surface area contributed by atoms with Crippen LogP contribution < -0.4 is 0 Å². The van der Waals surface area contributed by atoms with Crippen LogP contribution in [0, 0.1) is 0 Å². The summed E-state index contributed by atoms with van der Waals surface area (Å²) in [5.74, 6) is -0.166. The van der Waals surface area contributed by atoms with Gasteiger partial charge in [-0.3, -0.25) is 9.59 Å². The molecule has 2 heteroatoms. The van der Waals surface area contributed by atoms with E-state index in [2.05, 4.69) is 13.2 Å². The lowest BCUT2D eigenvalue weighted by Gasteiger charge is -1.98. The van der Waals surface area contributed by atoms with Crippen LogP contribution in [0.3, 0.4) is 0 Å². The molecule has 0 aliphatic heterocycles. The van der Waals surface area contributed by atoms with Crippen LogP contribution in [0.2, 0.25) is 0 Å². The number of ketones is 2. The summed E-state index contributed by atoms with van der Waals surface area (Å²) in [6, 6.07) is 0. The van der Waals surface area contributed by atoms with Crippen LogP contribution in [-0.2, 0) is 9.59 Å². The Hall–Kier alpha value is -1.44. The molecular weight excluding hydrogens is 164 g/mol. The molecule has 2 nitrogen and oxygen atoms in total. The van der Waals surface area contributed by atoms with E-state index in [0.29, 0.717) is 17.6 Å². The second kappa shape index (κ2) is 5.25. The molecule has 0 amide bonds. The first kappa shape index (κ1) is 11.6. The van der Waals surface area contributed by atoms with Gasteiger partial charge in [-0.15, -0.1) is 0 Å². The molecule has 13 heavy (non-hydrogen) atoms. The van der Waals surface area contributed by atoms with Gasteiger partial charge in [0.2, 0.25) is 0 Å². The first-order chi connectivity index (χ1) is 6.02. The lowest BCUT2D eigenvalue weighted by Crippen LogP contribution is -2.00. The minimum atomic E-state index is -0.136. The van der Waals surface area contributed by atoms with Crippen molar-refractivity contribution in [1.29, 1.82) is 0 Å². The topological polar surface area (TPSA) is 34.1 Å². The number of carbonyl (C=O) groups is 2. The Balaban J connectivity index is 4.77. The van der Waals surface area contributed by atoms with E-state index in [1.54, 1.807) is 6.92 Å². The fraction of sp³-hybridized carbons (Fsp3) is 0.273. The average Bonchev–Trinajstić information content (AvgIpc) is 2.12. The van der Waals surface area contributed by atoms with Crippen LogP contribution in [0.4, 0.5) is 0 Å². The van der Waals surface area contributed by atoms with Crippen molar-refractivity contribution in [3.05, 3.63) is 36.5 Å². The van der Waals surface area contributed by atoms with E-state index in [4.69, 9.17) is 0 Å². The molecule has 0 rings (SSSR count). The van der Waals surface area contributed by atoms with Gasteiger partial charge in [0.05, 0.1) is 0 Å².